The molecule has 3 rings (SSSR count). The van der Waals surface area contributed by atoms with E-state index in [1.807, 2.05) is 18.2 Å². The largest absolute Gasteiger partial charge is 0.382 e. The first kappa shape index (κ1) is 13.2. The first-order chi connectivity index (χ1) is 9.72. The molecule has 0 bridgehead atoms. The first-order valence-electron chi connectivity index (χ1n) is 7.26. The molecule has 0 aliphatic carbocycles. The monoisotopic (exact) mass is 275 g/mol. The van der Waals surface area contributed by atoms with E-state index in [0.29, 0.717) is 18.7 Å². The van der Waals surface area contributed by atoms with Crippen LogP contribution in [0, 0.1) is 0 Å². The van der Waals surface area contributed by atoms with Crippen LogP contribution < -0.4 is 15.5 Å². The molecule has 0 spiro atoms. The Morgan fingerprint density at radius 1 is 1.45 bits per heavy atom. The van der Waals surface area contributed by atoms with E-state index in [1.165, 1.54) is 0 Å². The number of ether oxygens (including phenoxy) is 1. The summed E-state index contributed by atoms with van der Waals surface area (Å²) in [6.45, 7) is 4.37. The summed E-state index contributed by atoms with van der Waals surface area (Å²) in [5.74, 6) is 0. The minimum Gasteiger partial charge on any atom is -0.382 e. The molecule has 1 aromatic carbocycles. The average Bonchev–Trinajstić information content (AvgIpc) is 2.85. The fraction of sp³-hybridized carbons (Fsp3) is 0.533. The molecule has 1 aromatic rings. The number of hydrogen-bond acceptors (Lipinski definition) is 3. The van der Waals surface area contributed by atoms with Gasteiger partial charge in [0, 0.05) is 37.1 Å². The molecule has 5 heteroatoms. The fourth-order valence-corrected chi connectivity index (χ4v) is 2.85. The number of rotatable bonds is 3. The van der Waals surface area contributed by atoms with Gasteiger partial charge in [-0.3, -0.25) is 4.90 Å². The zero-order valence-electron chi connectivity index (χ0n) is 11.8. The SMILES string of the molecule is CC1CC(Nc2cccc(N3CCNC3=O)c2)CCO1. The molecule has 2 saturated heterocycles. The second-order valence-electron chi connectivity index (χ2n) is 5.48. The van der Waals surface area contributed by atoms with Crippen molar-refractivity contribution in [2.24, 2.45) is 0 Å². The van der Waals surface area contributed by atoms with Crippen LogP contribution in [-0.4, -0.2) is 37.9 Å². The van der Waals surface area contributed by atoms with Crippen LogP contribution >= 0.6 is 0 Å². The fourth-order valence-electron chi connectivity index (χ4n) is 2.85. The van der Waals surface area contributed by atoms with Crippen molar-refractivity contribution in [1.29, 1.82) is 0 Å². The number of carbonyl (C=O) groups is 1. The van der Waals surface area contributed by atoms with Crippen molar-refractivity contribution >= 4 is 17.4 Å². The molecule has 2 amide bonds. The number of amides is 2. The number of carbonyl (C=O) groups excluding carboxylic acids is 1. The highest BCUT2D eigenvalue weighted by Gasteiger charge is 2.22. The Bertz CT molecular complexity index is 492. The van der Waals surface area contributed by atoms with Gasteiger partial charge in [0.1, 0.15) is 0 Å². The second kappa shape index (κ2) is 5.71. The summed E-state index contributed by atoms with van der Waals surface area (Å²) < 4.78 is 5.56. The predicted octanol–water partition coefficient (Wildman–Crippen LogP) is 2.20. The molecule has 2 heterocycles. The lowest BCUT2D eigenvalue weighted by atomic mass is 10.0. The summed E-state index contributed by atoms with van der Waals surface area (Å²) in [6.07, 6.45) is 2.36. The topological polar surface area (TPSA) is 53.6 Å². The van der Waals surface area contributed by atoms with E-state index in [-0.39, 0.29) is 6.03 Å². The van der Waals surface area contributed by atoms with Gasteiger partial charge in [-0.25, -0.2) is 4.79 Å². The zero-order chi connectivity index (χ0) is 13.9. The molecule has 0 saturated carbocycles. The summed E-state index contributed by atoms with van der Waals surface area (Å²) in [5.41, 5.74) is 2.02. The number of nitrogens with one attached hydrogen (secondary N) is 2. The van der Waals surface area contributed by atoms with Gasteiger partial charge in [0.15, 0.2) is 0 Å². The molecule has 108 valence electrons. The van der Waals surface area contributed by atoms with Crippen molar-refractivity contribution in [1.82, 2.24) is 5.32 Å². The van der Waals surface area contributed by atoms with Gasteiger partial charge in [-0.05, 0) is 38.0 Å². The van der Waals surface area contributed by atoms with E-state index < -0.39 is 0 Å². The zero-order valence-corrected chi connectivity index (χ0v) is 11.8. The summed E-state index contributed by atoms with van der Waals surface area (Å²) in [6, 6.07) is 8.50. The lowest BCUT2D eigenvalue weighted by Gasteiger charge is -2.29. The van der Waals surface area contributed by atoms with Crippen LogP contribution in [0.25, 0.3) is 0 Å². The normalized spacial score (nSPS) is 26.4. The first-order valence-corrected chi connectivity index (χ1v) is 7.26. The molecule has 2 fully saturated rings. The number of anilines is 2. The molecule has 2 unspecified atom stereocenters. The Hall–Kier alpha value is -1.75. The van der Waals surface area contributed by atoms with Crippen LogP contribution in [0.3, 0.4) is 0 Å². The minimum atomic E-state index is -0.0122. The summed E-state index contributed by atoms with van der Waals surface area (Å²) in [7, 11) is 0. The molecule has 2 aliphatic rings. The highest BCUT2D eigenvalue weighted by molar-refractivity contribution is 5.94. The standard InChI is InChI=1S/C15H21N3O2/c1-11-9-13(5-8-20-11)17-12-3-2-4-14(10-12)18-7-6-16-15(18)19/h2-4,10-11,13,17H,5-9H2,1H3,(H,16,19). The van der Waals surface area contributed by atoms with Gasteiger partial charge >= 0.3 is 6.03 Å². The van der Waals surface area contributed by atoms with Gasteiger partial charge in [0.05, 0.1) is 6.10 Å². The van der Waals surface area contributed by atoms with Crippen LogP contribution in [0.2, 0.25) is 0 Å². The Morgan fingerprint density at radius 3 is 3.10 bits per heavy atom. The Kier molecular flexibility index (Phi) is 3.78. The summed E-state index contributed by atoms with van der Waals surface area (Å²) >= 11 is 0. The smallest absolute Gasteiger partial charge is 0.321 e. The predicted molar refractivity (Wildman–Crippen MR) is 79.2 cm³/mol. The Labute approximate surface area is 119 Å². The molecular formula is C15H21N3O2. The van der Waals surface area contributed by atoms with Gasteiger partial charge in [-0.1, -0.05) is 6.07 Å². The quantitative estimate of drug-likeness (QED) is 0.889. The molecule has 5 nitrogen and oxygen atoms in total. The molecule has 2 aliphatic heterocycles. The molecular weight excluding hydrogens is 254 g/mol. The van der Waals surface area contributed by atoms with E-state index in [4.69, 9.17) is 4.74 Å². The maximum Gasteiger partial charge on any atom is 0.321 e. The maximum absolute atomic E-state index is 11.7. The Morgan fingerprint density at radius 2 is 2.35 bits per heavy atom. The van der Waals surface area contributed by atoms with E-state index in [2.05, 4.69) is 23.6 Å². The number of benzene rings is 1. The van der Waals surface area contributed by atoms with Crippen molar-refractivity contribution in [3.05, 3.63) is 24.3 Å². The van der Waals surface area contributed by atoms with E-state index in [0.717, 1.165) is 37.4 Å². The third-order valence-electron chi connectivity index (χ3n) is 3.87. The van der Waals surface area contributed by atoms with Crippen LogP contribution in [0.4, 0.5) is 16.2 Å². The van der Waals surface area contributed by atoms with Crippen molar-refractivity contribution in [2.45, 2.75) is 31.9 Å². The van der Waals surface area contributed by atoms with Crippen molar-refractivity contribution in [3.63, 3.8) is 0 Å². The van der Waals surface area contributed by atoms with E-state index in [1.54, 1.807) is 4.90 Å². The third kappa shape index (κ3) is 2.88. The number of nitrogens with zero attached hydrogens (tertiary/aromatic N) is 1. The number of urea groups is 1. The summed E-state index contributed by atoms with van der Waals surface area (Å²) in [5, 5.41) is 6.38. The van der Waals surface area contributed by atoms with Gasteiger partial charge in [0.2, 0.25) is 0 Å². The van der Waals surface area contributed by atoms with Gasteiger partial charge in [0.25, 0.3) is 0 Å². The second-order valence-corrected chi connectivity index (χ2v) is 5.48. The molecule has 0 radical (unpaired) electrons. The maximum atomic E-state index is 11.7. The van der Waals surface area contributed by atoms with Crippen molar-refractivity contribution in [3.8, 4) is 0 Å². The molecule has 20 heavy (non-hydrogen) atoms. The van der Waals surface area contributed by atoms with Crippen molar-refractivity contribution in [2.75, 3.05) is 29.9 Å². The lowest BCUT2D eigenvalue weighted by Crippen LogP contribution is -2.32. The molecule has 0 aromatic heterocycles. The van der Waals surface area contributed by atoms with Crippen molar-refractivity contribution < 1.29 is 9.53 Å². The van der Waals surface area contributed by atoms with Crippen LogP contribution in [0.15, 0.2) is 24.3 Å². The van der Waals surface area contributed by atoms with Gasteiger partial charge < -0.3 is 15.4 Å². The summed E-state index contributed by atoms with van der Waals surface area (Å²) in [4.78, 5) is 13.5. The third-order valence-corrected chi connectivity index (χ3v) is 3.87. The van der Waals surface area contributed by atoms with Crippen LogP contribution in [0.1, 0.15) is 19.8 Å². The van der Waals surface area contributed by atoms with Crippen LogP contribution in [0.5, 0.6) is 0 Å². The van der Waals surface area contributed by atoms with Gasteiger partial charge in [-0.15, -0.1) is 0 Å². The Balaban J connectivity index is 1.69. The minimum absolute atomic E-state index is 0.0122. The van der Waals surface area contributed by atoms with Gasteiger partial charge in [-0.2, -0.15) is 0 Å². The highest BCUT2D eigenvalue weighted by atomic mass is 16.5. The molecule has 2 atom stereocenters. The van der Waals surface area contributed by atoms with E-state index >= 15 is 0 Å². The van der Waals surface area contributed by atoms with E-state index in [9.17, 15) is 4.79 Å². The molecule has 2 N–H and O–H groups in total. The average molecular weight is 275 g/mol. The van der Waals surface area contributed by atoms with Crippen LogP contribution in [-0.2, 0) is 4.74 Å². The highest BCUT2D eigenvalue weighted by Crippen LogP contribution is 2.24. The lowest BCUT2D eigenvalue weighted by molar-refractivity contribution is 0.0232. The number of hydrogen-bond donors (Lipinski definition) is 2.